The van der Waals surface area contributed by atoms with Gasteiger partial charge in [0.25, 0.3) is 0 Å². The van der Waals surface area contributed by atoms with Crippen LogP contribution in [0.3, 0.4) is 0 Å². The predicted molar refractivity (Wildman–Crippen MR) is 70.5 cm³/mol. The summed E-state index contributed by atoms with van der Waals surface area (Å²) in [5, 5.41) is 12.6. The van der Waals surface area contributed by atoms with Gasteiger partial charge < -0.3 is 5.32 Å². The lowest BCUT2D eigenvalue weighted by Gasteiger charge is -2.03. The first-order valence-corrected chi connectivity index (χ1v) is 6.69. The van der Waals surface area contributed by atoms with E-state index in [1.165, 1.54) is 11.3 Å². The molecule has 0 radical (unpaired) electrons. The Morgan fingerprint density at radius 3 is 2.88 bits per heavy atom. The van der Waals surface area contributed by atoms with Gasteiger partial charge in [0.15, 0.2) is 5.01 Å². The van der Waals surface area contributed by atoms with Crippen LogP contribution in [0, 0.1) is 5.82 Å². The van der Waals surface area contributed by atoms with Crippen LogP contribution in [0.1, 0.15) is 18.0 Å². The average molecular weight is 316 g/mol. The van der Waals surface area contributed by atoms with Crippen molar-refractivity contribution in [1.29, 1.82) is 0 Å². The molecule has 1 heterocycles. The lowest BCUT2D eigenvalue weighted by atomic mass is 10.2. The maximum atomic E-state index is 13.9. The molecule has 0 fully saturated rings. The zero-order valence-electron chi connectivity index (χ0n) is 9.37. The number of nitrogens with one attached hydrogen (secondary N) is 1. The van der Waals surface area contributed by atoms with E-state index in [-0.39, 0.29) is 11.9 Å². The highest BCUT2D eigenvalue weighted by Crippen LogP contribution is 2.31. The van der Waals surface area contributed by atoms with Gasteiger partial charge in [0.1, 0.15) is 10.8 Å². The molecule has 0 aliphatic heterocycles. The first kappa shape index (κ1) is 12.6. The van der Waals surface area contributed by atoms with E-state index in [1.54, 1.807) is 18.2 Å². The number of aromatic nitrogens is 2. The van der Waals surface area contributed by atoms with E-state index < -0.39 is 0 Å². The van der Waals surface area contributed by atoms with Gasteiger partial charge in [-0.2, -0.15) is 0 Å². The number of rotatable bonds is 3. The van der Waals surface area contributed by atoms with Crippen molar-refractivity contribution in [3.8, 4) is 10.6 Å². The fourth-order valence-corrected chi connectivity index (χ4v) is 2.60. The molecule has 17 heavy (non-hydrogen) atoms. The molecule has 1 unspecified atom stereocenters. The number of hydrogen-bond acceptors (Lipinski definition) is 4. The molecule has 0 aliphatic rings. The lowest BCUT2D eigenvalue weighted by Crippen LogP contribution is -2.11. The number of nitrogens with zero attached hydrogens (tertiary/aromatic N) is 2. The minimum atomic E-state index is -0.299. The van der Waals surface area contributed by atoms with Gasteiger partial charge in [0.2, 0.25) is 0 Å². The monoisotopic (exact) mass is 315 g/mol. The van der Waals surface area contributed by atoms with E-state index in [2.05, 4.69) is 31.4 Å². The van der Waals surface area contributed by atoms with E-state index in [1.807, 2.05) is 14.0 Å². The van der Waals surface area contributed by atoms with E-state index in [9.17, 15) is 4.39 Å². The van der Waals surface area contributed by atoms with Gasteiger partial charge in [0.05, 0.1) is 10.5 Å². The van der Waals surface area contributed by atoms with Crippen LogP contribution >= 0.6 is 27.3 Å². The summed E-state index contributed by atoms with van der Waals surface area (Å²) >= 11 is 4.56. The zero-order valence-corrected chi connectivity index (χ0v) is 11.8. The van der Waals surface area contributed by atoms with Crippen molar-refractivity contribution in [2.45, 2.75) is 13.0 Å². The molecule has 1 aromatic carbocycles. The molecule has 3 nitrogen and oxygen atoms in total. The number of benzene rings is 1. The Labute approximate surface area is 111 Å². The van der Waals surface area contributed by atoms with Gasteiger partial charge in [-0.05, 0) is 42.0 Å². The van der Waals surface area contributed by atoms with Crippen LogP contribution < -0.4 is 5.32 Å². The molecule has 1 aromatic heterocycles. The molecule has 0 saturated carbocycles. The average Bonchev–Trinajstić information content (AvgIpc) is 2.81. The molecule has 1 N–H and O–H groups in total. The van der Waals surface area contributed by atoms with Crippen LogP contribution in [0.2, 0.25) is 0 Å². The summed E-state index contributed by atoms with van der Waals surface area (Å²) in [4.78, 5) is 0. The Kier molecular flexibility index (Phi) is 3.86. The molecular weight excluding hydrogens is 305 g/mol. The Morgan fingerprint density at radius 2 is 2.18 bits per heavy atom. The van der Waals surface area contributed by atoms with E-state index in [0.717, 1.165) is 5.01 Å². The smallest absolute Gasteiger partial charge is 0.150 e. The second kappa shape index (κ2) is 5.20. The fraction of sp³-hybridized carbons (Fsp3) is 0.273. The maximum absolute atomic E-state index is 13.9. The van der Waals surface area contributed by atoms with Crippen LogP contribution in [0.5, 0.6) is 0 Å². The topological polar surface area (TPSA) is 37.8 Å². The largest absolute Gasteiger partial charge is 0.311 e. The van der Waals surface area contributed by atoms with Crippen LogP contribution in [0.25, 0.3) is 10.6 Å². The summed E-state index contributed by atoms with van der Waals surface area (Å²) < 4.78 is 14.3. The Bertz CT molecular complexity index is 529. The number of hydrogen-bond donors (Lipinski definition) is 1. The first-order chi connectivity index (χ1) is 8.13. The van der Waals surface area contributed by atoms with Crippen molar-refractivity contribution in [3.63, 3.8) is 0 Å². The van der Waals surface area contributed by atoms with Crippen molar-refractivity contribution in [3.05, 3.63) is 33.5 Å². The summed E-state index contributed by atoms with van der Waals surface area (Å²) in [6.45, 7) is 1.99. The minimum Gasteiger partial charge on any atom is -0.311 e. The second-order valence-electron chi connectivity index (χ2n) is 3.56. The predicted octanol–water partition coefficient (Wildman–Crippen LogP) is 3.39. The molecule has 0 aliphatic carbocycles. The van der Waals surface area contributed by atoms with Crippen LogP contribution in [-0.2, 0) is 0 Å². The summed E-state index contributed by atoms with van der Waals surface area (Å²) in [5.41, 5.74) is 0.478. The van der Waals surface area contributed by atoms with Gasteiger partial charge in [-0.15, -0.1) is 10.2 Å². The molecule has 0 saturated heterocycles. The molecule has 0 amide bonds. The van der Waals surface area contributed by atoms with Gasteiger partial charge in [-0.1, -0.05) is 17.4 Å². The summed E-state index contributed by atoms with van der Waals surface area (Å²) in [6.07, 6.45) is 0. The van der Waals surface area contributed by atoms with Crippen molar-refractivity contribution in [2.75, 3.05) is 7.05 Å². The van der Waals surface area contributed by atoms with Crippen molar-refractivity contribution < 1.29 is 4.39 Å². The highest BCUT2D eigenvalue weighted by atomic mass is 79.9. The third-order valence-electron chi connectivity index (χ3n) is 2.43. The van der Waals surface area contributed by atoms with Gasteiger partial charge in [-0.25, -0.2) is 4.39 Å². The quantitative estimate of drug-likeness (QED) is 0.943. The molecule has 0 bridgehead atoms. The van der Waals surface area contributed by atoms with Crippen molar-refractivity contribution in [1.82, 2.24) is 15.5 Å². The highest BCUT2D eigenvalue weighted by molar-refractivity contribution is 9.10. The summed E-state index contributed by atoms with van der Waals surface area (Å²) in [7, 11) is 1.85. The Balaban J connectivity index is 2.40. The van der Waals surface area contributed by atoms with E-state index in [0.29, 0.717) is 15.0 Å². The second-order valence-corrected chi connectivity index (χ2v) is 5.42. The molecule has 2 rings (SSSR count). The molecule has 1 atom stereocenters. The van der Waals surface area contributed by atoms with Crippen molar-refractivity contribution >= 4 is 27.3 Å². The molecule has 90 valence electrons. The third kappa shape index (κ3) is 2.53. The van der Waals surface area contributed by atoms with Gasteiger partial charge in [0, 0.05) is 5.56 Å². The zero-order chi connectivity index (χ0) is 12.4. The fourth-order valence-electron chi connectivity index (χ4n) is 1.31. The SMILES string of the molecule is CNC(C)c1nnc(-c2cccc(Br)c2F)s1. The first-order valence-electron chi connectivity index (χ1n) is 5.08. The minimum absolute atomic E-state index is 0.122. The third-order valence-corrected chi connectivity index (χ3v) is 4.18. The van der Waals surface area contributed by atoms with E-state index >= 15 is 0 Å². The highest BCUT2D eigenvalue weighted by Gasteiger charge is 2.15. The Morgan fingerprint density at radius 1 is 1.41 bits per heavy atom. The van der Waals surface area contributed by atoms with Gasteiger partial charge in [-0.3, -0.25) is 0 Å². The van der Waals surface area contributed by atoms with Crippen LogP contribution in [-0.4, -0.2) is 17.2 Å². The maximum Gasteiger partial charge on any atom is 0.150 e. The van der Waals surface area contributed by atoms with E-state index in [4.69, 9.17) is 0 Å². The molecule has 6 heteroatoms. The summed E-state index contributed by atoms with van der Waals surface area (Å²) in [5.74, 6) is -0.299. The normalized spacial score (nSPS) is 12.7. The van der Waals surface area contributed by atoms with Crippen LogP contribution in [0.4, 0.5) is 4.39 Å². The molecule has 2 aromatic rings. The standard InChI is InChI=1S/C11H11BrFN3S/c1-6(14-2)10-15-16-11(17-10)7-4-3-5-8(12)9(7)13/h3-6,14H,1-2H3. The number of halogens is 2. The van der Waals surface area contributed by atoms with Crippen LogP contribution in [0.15, 0.2) is 22.7 Å². The molecular formula is C11H11BrFN3S. The lowest BCUT2D eigenvalue weighted by molar-refractivity contribution is 0.624. The Hall–Kier alpha value is -0.850. The summed E-state index contributed by atoms with van der Waals surface area (Å²) in [6, 6.07) is 5.27. The van der Waals surface area contributed by atoms with Crippen molar-refractivity contribution in [2.24, 2.45) is 0 Å². The molecule has 0 spiro atoms. The van der Waals surface area contributed by atoms with Gasteiger partial charge >= 0.3 is 0 Å².